The Bertz CT molecular complexity index is 140. The van der Waals surface area contributed by atoms with Gasteiger partial charge in [-0.15, -0.1) is 0 Å². The predicted molar refractivity (Wildman–Crippen MR) is 60.0 cm³/mol. The number of piperidine rings is 1. The third kappa shape index (κ3) is 2.96. The highest BCUT2D eigenvalue weighted by Crippen LogP contribution is 2.21. The Balaban J connectivity index is 1.84. The van der Waals surface area contributed by atoms with Gasteiger partial charge in [-0.05, 0) is 25.7 Å². The van der Waals surface area contributed by atoms with Crippen LogP contribution in [0.5, 0.6) is 0 Å². The highest BCUT2D eigenvalue weighted by molar-refractivity contribution is 4.74. The molecule has 0 radical (unpaired) electrons. The van der Waals surface area contributed by atoms with Crippen LogP contribution >= 0.6 is 0 Å². The van der Waals surface area contributed by atoms with Gasteiger partial charge in [0.25, 0.3) is 0 Å². The summed E-state index contributed by atoms with van der Waals surface area (Å²) in [4.78, 5) is 0. The molecule has 2 nitrogen and oxygen atoms in total. The molecule has 0 aliphatic carbocycles. The minimum Gasteiger partial charge on any atom is -0.255 e. The average Bonchev–Trinajstić information content (AvgIpc) is 2.25. The Morgan fingerprint density at radius 1 is 0.786 bits per heavy atom. The number of nitrogens with zero attached hydrogens (tertiary/aromatic N) is 1. The van der Waals surface area contributed by atoms with Crippen LogP contribution in [0.4, 0.5) is 0 Å². The zero-order chi connectivity index (χ0) is 9.64. The maximum atomic E-state index is 3.62. The quantitative estimate of drug-likeness (QED) is 0.641. The second-order valence-electron chi connectivity index (χ2n) is 4.81. The van der Waals surface area contributed by atoms with Crippen LogP contribution < -0.4 is 5.43 Å². The second-order valence-corrected chi connectivity index (χ2v) is 4.81. The van der Waals surface area contributed by atoms with E-state index in [-0.39, 0.29) is 0 Å². The molecule has 0 saturated carbocycles. The number of rotatable bonds is 0. The van der Waals surface area contributed by atoms with Crippen molar-refractivity contribution in [2.45, 2.75) is 63.8 Å². The Labute approximate surface area is 88.0 Å². The topological polar surface area (TPSA) is 15.3 Å². The summed E-state index contributed by atoms with van der Waals surface area (Å²) in [7, 11) is 0. The molecule has 2 fully saturated rings. The van der Waals surface area contributed by atoms with E-state index in [1.807, 2.05) is 0 Å². The number of fused-ring (bicyclic) bond motifs is 1. The largest absolute Gasteiger partial charge is 0.255 e. The van der Waals surface area contributed by atoms with Crippen molar-refractivity contribution in [2.75, 3.05) is 13.1 Å². The summed E-state index contributed by atoms with van der Waals surface area (Å²) in [5.41, 5.74) is 3.62. The number of nitrogens with one attached hydrogen (secondary N) is 1. The molecule has 1 atom stereocenters. The van der Waals surface area contributed by atoms with Gasteiger partial charge in [0.1, 0.15) is 0 Å². The fourth-order valence-electron chi connectivity index (χ4n) is 2.77. The van der Waals surface area contributed by atoms with E-state index in [0.717, 1.165) is 6.04 Å². The maximum absolute atomic E-state index is 3.62. The molecule has 2 heterocycles. The van der Waals surface area contributed by atoms with Crippen LogP contribution in [0, 0.1) is 0 Å². The molecular formula is C12H24N2. The fraction of sp³-hybridized carbons (Fsp3) is 1.00. The van der Waals surface area contributed by atoms with Gasteiger partial charge in [0.15, 0.2) is 0 Å². The molecule has 2 rings (SSSR count). The molecule has 0 aromatic carbocycles. The fourth-order valence-corrected chi connectivity index (χ4v) is 2.77. The second kappa shape index (κ2) is 5.72. The van der Waals surface area contributed by atoms with Gasteiger partial charge < -0.3 is 0 Å². The van der Waals surface area contributed by atoms with E-state index in [0.29, 0.717) is 0 Å². The molecule has 0 bridgehead atoms. The molecule has 1 N–H and O–H groups in total. The summed E-state index contributed by atoms with van der Waals surface area (Å²) >= 11 is 0. The number of hydrogen-bond acceptors (Lipinski definition) is 2. The lowest BCUT2D eigenvalue weighted by molar-refractivity contribution is 0.0758. The summed E-state index contributed by atoms with van der Waals surface area (Å²) < 4.78 is 0. The monoisotopic (exact) mass is 196 g/mol. The Kier molecular flexibility index (Phi) is 4.26. The van der Waals surface area contributed by atoms with Crippen molar-refractivity contribution >= 4 is 0 Å². The molecule has 2 aliphatic heterocycles. The Hall–Kier alpha value is -0.0800. The molecule has 0 amide bonds. The lowest BCUT2D eigenvalue weighted by atomic mass is 9.97. The standard InChI is InChI=1S/C12H24N2/c1-2-4-8-12-9-5-7-11-14(12)13-10-6-3-1/h12-13H,1-11H2. The average molecular weight is 196 g/mol. The van der Waals surface area contributed by atoms with Gasteiger partial charge in [-0.3, -0.25) is 5.43 Å². The van der Waals surface area contributed by atoms with Crippen molar-refractivity contribution in [1.82, 2.24) is 10.4 Å². The van der Waals surface area contributed by atoms with Crippen LogP contribution in [0.2, 0.25) is 0 Å². The first-order chi connectivity index (χ1) is 6.97. The molecule has 14 heavy (non-hydrogen) atoms. The normalized spacial score (nSPS) is 32.1. The molecule has 2 saturated heterocycles. The molecule has 1 unspecified atom stereocenters. The van der Waals surface area contributed by atoms with Crippen molar-refractivity contribution in [3.8, 4) is 0 Å². The zero-order valence-corrected chi connectivity index (χ0v) is 9.30. The summed E-state index contributed by atoms with van der Waals surface area (Å²) in [6.45, 7) is 2.49. The van der Waals surface area contributed by atoms with Crippen LogP contribution in [0.1, 0.15) is 57.8 Å². The summed E-state index contributed by atoms with van der Waals surface area (Å²) in [5.74, 6) is 0. The molecule has 2 heteroatoms. The van der Waals surface area contributed by atoms with Crippen LogP contribution in [0.25, 0.3) is 0 Å². The van der Waals surface area contributed by atoms with Gasteiger partial charge in [0.2, 0.25) is 0 Å². The summed E-state index contributed by atoms with van der Waals surface area (Å²) in [5, 5.41) is 2.54. The van der Waals surface area contributed by atoms with Crippen LogP contribution in [0.15, 0.2) is 0 Å². The Morgan fingerprint density at radius 3 is 2.43 bits per heavy atom. The number of hydrazine groups is 1. The zero-order valence-electron chi connectivity index (χ0n) is 9.30. The smallest absolute Gasteiger partial charge is 0.0243 e. The van der Waals surface area contributed by atoms with Crippen molar-refractivity contribution in [3.05, 3.63) is 0 Å². The Morgan fingerprint density at radius 2 is 1.50 bits per heavy atom. The molecular weight excluding hydrogens is 172 g/mol. The summed E-state index contributed by atoms with van der Waals surface area (Å²) in [6, 6.07) is 0.849. The maximum Gasteiger partial charge on any atom is 0.0243 e. The summed E-state index contributed by atoms with van der Waals surface area (Å²) in [6.07, 6.45) is 12.8. The highest BCUT2D eigenvalue weighted by Gasteiger charge is 2.21. The number of hydrogen-bond donors (Lipinski definition) is 1. The van der Waals surface area contributed by atoms with E-state index in [1.165, 1.54) is 70.9 Å². The van der Waals surface area contributed by atoms with E-state index in [9.17, 15) is 0 Å². The van der Waals surface area contributed by atoms with Crippen molar-refractivity contribution < 1.29 is 0 Å². The van der Waals surface area contributed by atoms with E-state index >= 15 is 0 Å². The van der Waals surface area contributed by atoms with Crippen LogP contribution in [0.3, 0.4) is 0 Å². The molecule has 0 aromatic rings. The molecule has 2 aliphatic rings. The molecule has 0 aromatic heterocycles. The molecule has 0 spiro atoms. The van der Waals surface area contributed by atoms with Crippen molar-refractivity contribution in [2.24, 2.45) is 0 Å². The SMILES string of the molecule is C1CCCNN2CCCCC2CCC1. The van der Waals surface area contributed by atoms with Crippen molar-refractivity contribution in [3.63, 3.8) is 0 Å². The van der Waals surface area contributed by atoms with Gasteiger partial charge >= 0.3 is 0 Å². The minimum atomic E-state index is 0.849. The third-order valence-corrected chi connectivity index (χ3v) is 3.66. The third-order valence-electron chi connectivity index (χ3n) is 3.66. The van der Waals surface area contributed by atoms with E-state index in [2.05, 4.69) is 10.4 Å². The highest BCUT2D eigenvalue weighted by atomic mass is 15.5. The lowest BCUT2D eigenvalue weighted by Crippen LogP contribution is -2.48. The van der Waals surface area contributed by atoms with Gasteiger partial charge in [-0.25, -0.2) is 5.01 Å². The van der Waals surface area contributed by atoms with Gasteiger partial charge in [-0.2, -0.15) is 0 Å². The van der Waals surface area contributed by atoms with Gasteiger partial charge in [0, 0.05) is 19.1 Å². The van der Waals surface area contributed by atoms with E-state index < -0.39 is 0 Å². The molecule has 82 valence electrons. The predicted octanol–water partition coefficient (Wildman–Crippen LogP) is 2.70. The van der Waals surface area contributed by atoms with E-state index in [1.54, 1.807) is 0 Å². The van der Waals surface area contributed by atoms with Crippen molar-refractivity contribution in [1.29, 1.82) is 0 Å². The van der Waals surface area contributed by atoms with E-state index in [4.69, 9.17) is 0 Å². The lowest BCUT2D eigenvalue weighted by Gasteiger charge is -2.36. The first-order valence-electron chi connectivity index (χ1n) is 6.47. The minimum absolute atomic E-state index is 0.849. The van der Waals surface area contributed by atoms with Crippen LogP contribution in [-0.4, -0.2) is 24.1 Å². The van der Waals surface area contributed by atoms with Gasteiger partial charge in [0.05, 0.1) is 0 Å². The first-order valence-corrected chi connectivity index (χ1v) is 6.47. The first kappa shape index (κ1) is 10.4. The van der Waals surface area contributed by atoms with Gasteiger partial charge in [-0.1, -0.05) is 32.1 Å². The van der Waals surface area contributed by atoms with Crippen LogP contribution in [-0.2, 0) is 0 Å².